The molecule has 0 bridgehead atoms. The third-order valence-corrected chi connectivity index (χ3v) is 6.19. The highest BCUT2D eigenvalue weighted by atomic mass is 16.5. The monoisotopic (exact) mass is 399 g/mol. The third kappa shape index (κ3) is 4.15. The van der Waals surface area contributed by atoms with Gasteiger partial charge >= 0.3 is 5.97 Å². The first-order valence-corrected chi connectivity index (χ1v) is 10.6. The average molecular weight is 399 g/mol. The number of fused-ring (bicyclic) bond motifs is 1. The largest absolute Gasteiger partial charge is 0.462 e. The van der Waals surface area contributed by atoms with E-state index in [-0.39, 0.29) is 17.3 Å². The maximum Gasteiger partial charge on any atom is 0.334 e. The molecule has 3 aliphatic rings. The van der Waals surface area contributed by atoms with Gasteiger partial charge in [-0.25, -0.2) is 4.79 Å². The number of nitrogens with zero attached hydrogens (tertiary/aromatic N) is 2. The summed E-state index contributed by atoms with van der Waals surface area (Å²) in [6.07, 6.45) is 10.4. The Morgan fingerprint density at radius 2 is 2.21 bits per heavy atom. The smallest absolute Gasteiger partial charge is 0.334 e. The van der Waals surface area contributed by atoms with Gasteiger partial charge in [0.15, 0.2) is 0 Å². The number of carbonyl (C=O) groups excluding carboxylic acids is 2. The number of nitrogens with one attached hydrogen (secondary N) is 1. The van der Waals surface area contributed by atoms with E-state index < -0.39 is 0 Å². The van der Waals surface area contributed by atoms with Crippen LogP contribution in [-0.4, -0.2) is 48.0 Å². The zero-order valence-corrected chi connectivity index (χ0v) is 17.0. The van der Waals surface area contributed by atoms with E-state index in [9.17, 15) is 9.59 Å². The molecule has 1 fully saturated rings. The molecule has 7 nitrogen and oxygen atoms in total. The van der Waals surface area contributed by atoms with Crippen LogP contribution in [0, 0.1) is 5.41 Å². The van der Waals surface area contributed by atoms with E-state index in [2.05, 4.69) is 5.32 Å². The summed E-state index contributed by atoms with van der Waals surface area (Å²) in [6, 6.07) is 0. The zero-order valence-electron chi connectivity index (χ0n) is 17.0. The SMILES string of the molecule is CCc1nn(CCCOC(=O)C2=CC=CC2)c2c1C(=O)NCC1(CCOCC1)C2. The van der Waals surface area contributed by atoms with E-state index >= 15 is 0 Å². The fraction of sp³-hybridized carbons (Fsp3) is 0.591. The molecule has 1 spiro atoms. The molecule has 0 saturated carbocycles. The van der Waals surface area contributed by atoms with Crippen molar-refractivity contribution in [3.63, 3.8) is 0 Å². The molecule has 0 radical (unpaired) electrons. The van der Waals surface area contributed by atoms with Gasteiger partial charge in [-0.3, -0.25) is 9.48 Å². The van der Waals surface area contributed by atoms with Crippen LogP contribution in [0.4, 0.5) is 0 Å². The Kier molecular flexibility index (Phi) is 5.85. The number of hydrogen-bond donors (Lipinski definition) is 1. The van der Waals surface area contributed by atoms with Gasteiger partial charge in [-0.05, 0) is 37.5 Å². The molecule has 1 aromatic rings. The molecule has 0 unspecified atom stereocenters. The number of esters is 1. The second-order valence-corrected chi connectivity index (χ2v) is 8.13. The van der Waals surface area contributed by atoms with Crippen molar-refractivity contribution in [3.8, 4) is 0 Å². The second-order valence-electron chi connectivity index (χ2n) is 8.13. The first-order valence-electron chi connectivity index (χ1n) is 10.6. The molecule has 1 aromatic heterocycles. The van der Waals surface area contributed by atoms with E-state index in [1.165, 1.54) is 0 Å². The predicted molar refractivity (Wildman–Crippen MR) is 108 cm³/mol. The number of rotatable bonds is 6. The lowest BCUT2D eigenvalue weighted by atomic mass is 9.76. The van der Waals surface area contributed by atoms with Crippen molar-refractivity contribution in [2.24, 2.45) is 5.41 Å². The Morgan fingerprint density at radius 1 is 1.38 bits per heavy atom. The minimum Gasteiger partial charge on any atom is -0.462 e. The molecular formula is C22H29N3O4. The van der Waals surface area contributed by atoms with Crippen LogP contribution in [-0.2, 0) is 33.7 Å². The Balaban J connectivity index is 1.46. The molecule has 156 valence electrons. The third-order valence-electron chi connectivity index (χ3n) is 6.19. The highest BCUT2D eigenvalue weighted by Gasteiger charge is 2.39. The molecule has 7 heteroatoms. The predicted octanol–water partition coefficient (Wildman–Crippen LogP) is 2.35. The van der Waals surface area contributed by atoms with E-state index in [1.807, 2.05) is 23.8 Å². The number of amides is 1. The Morgan fingerprint density at radius 3 is 2.93 bits per heavy atom. The molecule has 1 N–H and O–H groups in total. The Labute approximate surface area is 171 Å². The van der Waals surface area contributed by atoms with Gasteiger partial charge in [-0.15, -0.1) is 0 Å². The lowest BCUT2D eigenvalue weighted by molar-refractivity contribution is -0.139. The minimum atomic E-state index is -0.246. The Hall–Kier alpha value is -2.41. The number of allylic oxidation sites excluding steroid dienone is 3. The summed E-state index contributed by atoms with van der Waals surface area (Å²) in [7, 11) is 0. The number of ether oxygens (including phenoxy) is 2. The van der Waals surface area contributed by atoms with Crippen LogP contribution >= 0.6 is 0 Å². The van der Waals surface area contributed by atoms with Crippen molar-refractivity contribution in [2.75, 3.05) is 26.4 Å². The number of hydrogen-bond acceptors (Lipinski definition) is 5. The molecule has 2 aliphatic heterocycles. The van der Waals surface area contributed by atoms with Crippen molar-refractivity contribution < 1.29 is 19.1 Å². The summed E-state index contributed by atoms with van der Waals surface area (Å²) in [5.41, 5.74) is 3.35. The maximum atomic E-state index is 12.8. The summed E-state index contributed by atoms with van der Waals surface area (Å²) in [5.74, 6) is -0.261. The van der Waals surface area contributed by atoms with Gasteiger partial charge in [0.05, 0.1) is 23.6 Å². The standard InChI is InChI=1S/C22H29N3O4/c1-2-17-19-18(14-22(15-23-20(19)26)8-12-28-13-9-22)25(24-17)10-5-11-29-21(27)16-6-3-4-7-16/h3-4,6H,2,5,7-15H2,1H3,(H,23,26). The van der Waals surface area contributed by atoms with Crippen molar-refractivity contribution >= 4 is 11.9 Å². The zero-order chi connectivity index (χ0) is 20.3. The highest BCUT2D eigenvalue weighted by molar-refractivity contribution is 5.97. The van der Waals surface area contributed by atoms with Crippen LogP contribution in [0.5, 0.6) is 0 Å². The van der Waals surface area contributed by atoms with Gasteiger partial charge in [-0.1, -0.05) is 25.2 Å². The van der Waals surface area contributed by atoms with Crippen LogP contribution in [0.15, 0.2) is 23.8 Å². The molecule has 1 amide bonds. The van der Waals surface area contributed by atoms with Crippen LogP contribution < -0.4 is 5.32 Å². The van der Waals surface area contributed by atoms with Crippen molar-refractivity contribution in [2.45, 2.75) is 52.0 Å². The minimum absolute atomic E-state index is 0.0152. The molecule has 4 rings (SSSR count). The summed E-state index contributed by atoms with van der Waals surface area (Å²) in [6.45, 7) is 5.17. The quantitative estimate of drug-likeness (QED) is 0.587. The molecule has 1 aliphatic carbocycles. The summed E-state index contributed by atoms with van der Waals surface area (Å²) < 4.78 is 12.9. The normalized spacial score (nSPS) is 20.2. The number of aromatic nitrogens is 2. The summed E-state index contributed by atoms with van der Waals surface area (Å²) in [4.78, 5) is 24.8. The maximum absolute atomic E-state index is 12.8. The first kappa shape index (κ1) is 19.9. The van der Waals surface area contributed by atoms with Crippen molar-refractivity contribution in [3.05, 3.63) is 40.8 Å². The average Bonchev–Trinajstić information content (AvgIpc) is 3.36. The van der Waals surface area contributed by atoms with Gasteiger partial charge < -0.3 is 14.8 Å². The molecule has 3 heterocycles. The Bertz CT molecular complexity index is 846. The topological polar surface area (TPSA) is 82.5 Å². The van der Waals surface area contributed by atoms with E-state index in [4.69, 9.17) is 14.6 Å². The molecule has 0 aromatic carbocycles. The lowest BCUT2D eigenvalue weighted by Gasteiger charge is -2.36. The van der Waals surface area contributed by atoms with Crippen LogP contribution in [0.1, 0.15) is 54.4 Å². The van der Waals surface area contributed by atoms with Gasteiger partial charge in [0.1, 0.15) is 0 Å². The van der Waals surface area contributed by atoms with Gasteiger partial charge in [0.25, 0.3) is 5.91 Å². The van der Waals surface area contributed by atoms with Crippen LogP contribution in [0.25, 0.3) is 0 Å². The number of aryl methyl sites for hydroxylation is 2. The molecular weight excluding hydrogens is 370 g/mol. The lowest BCUT2D eigenvalue weighted by Crippen LogP contribution is -2.40. The first-order chi connectivity index (χ1) is 14.1. The second kappa shape index (κ2) is 8.53. The fourth-order valence-corrected chi connectivity index (χ4v) is 4.43. The summed E-state index contributed by atoms with van der Waals surface area (Å²) >= 11 is 0. The summed E-state index contributed by atoms with van der Waals surface area (Å²) in [5, 5.41) is 7.87. The van der Waals surface area contributed by atoms with Crippen LogP contribution in [0.3, 0.4) is 0 Å². The highest BCUT2D eigenvalue weighted by Crippen LogP contribution is 2.37. The van der Waals surface area contributed by atoms with Gasteiger partial charge in [0, 0.05) is 38.3 Å². The van der Waals surface area contributed by atoms with Crippen LogP contribution in [0.2, 0.25) is 0 Å². The van der Waals surface area contributed by atoms with E-state index in [1.54, 1.807) is 6.08 Å². The van der Waals surface area contributed by atoms with Crippen molar-refractivity contribution in [1.82, 2.24) is 15.1 Å². The van der Waals surface area contributed by atoms with Crippen molar-refractivity contribution in [1.29, 1.82) is 0 Å². The van der Waals surface area contributed by atoms with E-state index in [0.29, 0.717) is 38.1 Å². The van der Waals surface area contributed by atoms with E-state index in [0.717, 1.165) is 55.8 Å². The van der Waals surface area contributed by atoms with Gasteiger partial charge in [-0.2, -0.15) is 5.10 Å². The molecule has 29 heavy (non-hydrogen) atoms. The van der Waals surface area contributed by atoms with Gasteiger partial charge in [0.2, 0.25) is 0 Å². The fourth-order valence-electron chi connectivity index (χ4n) is 4.43. The number of carbonyl (C=O) groups is 2. The molecule has 1 saturated heterocycles. The molecule has 0 atom stereocenters.